The topological polar surface area (TPSA) is 0 Å². The van der Waals surface area contributed by atoms with Crippen LogP contribution in [0.2, 0.25) is 0 Å². The fourth-order valence-electron chi connectivity index (χ4n) is 2.89. The molecule has 0 N–H and O–H groups in total. The number of thioether (sulfide) groups is 1. The van der Waals surface area contributed by atoms with Gasteiger partial charge in [0.05, 0.1) is 0 Å². The average molecular weight is 268 g/mol. The molecule has 0 saturated carbocycles. The lowest BCUT2D eigenvalue weighted by Gasteiger charge is -2.22. The van der Waals surface area contributed by atoms with Crippen molar-refractivity contribution in [1.29, 1.82) is 0 Å². The SMILES string of the molecule is C=C1CCSc2cc(C3=C(C)CCC=C3)c(C)cc21. The first-order valence-corrected chi connectivity index (χ1v) is 7.97. The predicted octanol–water partition coefficient (Wildman–Crippen LogP) is 5.63. The molecule has 1 aromatic rings. The van der Waals surface area contributed by atoms with Gasteiger partial charge in [-0.25, -0.2) is 0 Å². The highest BCUT2D eigenvalue weighted by Crippen LogP contribution is 2.40. The number of allylic oxidation sites excluding steroid dienone is 5. The highest BCUT2D eigenvalue weighted by Gasteiger charge is 2.17. The highest BCUT2D eigenvalue weighted by molar-refractivity contribution is 7.99. The van der Waals surface area contributed by atoms with E-state index in [1.807, 2.05) is 11.8 Å². The molecule has 0 atom stereocenters. The number of rotatable bonds is 1. The van der Waals surface area contributed by atoms with Crippen molar-refractivity contribution in [1.82, 2.24) is 0 Å². The zero-order valence-electron chi connectivity index (χ0n) is 11.8. The fraction of sp³-hybridized carbons (Fsp3) is 0.333. The highest BCUT2D eigenvalue weighted by atomic mass is 32.2. The van der Waals surface area contributed by atoms with Gasteiger partial charge in [-0.3, -0.25) is 0 Å². The fourth-order valence-corrected chi connectivity index (χ4v) is 4.02. The van der Waals surface area contributed by atoms with Crippen molar-refractivity contribution in [3.8, 4) is 0 Å². The molecule has 1 heteroatoms. The number of aryl methyl sites for hydroxylation is 1. The first kappa shape index (κ1) is 12.8. The van der Waals surface area contributed by atoms with Gasteiger partial charge in [-0.15, -0.1) is 11.8 Å². The second-order valence-corrected chi connectivity index (χ2v) is 6.64. The lowest BCUT2D eigenvalue weighted by Crippen LogP contribution is -2.01. The van der Waals surface area contributed by atoms with Gasteiger partial charge in [0.25, 0.3) is 0 Å². The summed E-state index contributed by atoms with van der Waals surface area (Å²) >= 11 is 1.97. The standard InChI is InChI=1S/C18H20S/c1-12-6-4-5-7-15(12)16-11-18-17(10-14(16)3)13(2)8-9-19-18/h5,7,10-11H,2,4,6,8-9H2,1,3H3. The maximum Gasteiger partial charge on any atom is 0.0153 e. The molecule has 0 fully saturated rings. The van der Waals surface area contributed by atoms with Crippen molar-refractivity contribution in [2.75, 3.05) is 5.75 Å². The van der Waals surface area contributed by atoms with Gasteiger partial charge in [-0.05, 0) is 67.0 Å². The van der Waals surface area contributed by atoms with Gasteiger partial charge < -0.3 is 0 Å². The third kappa shape index (κ3) is 2.32. The summed E-state index contributed by atoms with van der Waals surface area (Å²) in [5, 5.41) is 0. The summed E-state index contributed by atoms with van der Waals surface area (Å²) in [6, 6.07) is 4.72. The molecule has 0 nitrogen and oxygen atoms in total. The van der Waals surface area contributed by atoms with Crippen molar-refractivity contribution in [2.24, 2.45) is 0 Å². The Kier molecular flexibility index (Phi) is 3.40. The van der Waals surface area contributed by atoms with E-state index in [1.165, 1.54) is 56.9 Å². The molecule has 0 spiro atoms. The molecular formula is C18H20S. The lowest BCUT2D eigenvalue weighted by atomic mass is 9.89. The molecule has 0 saturated heterocycles. The zero-order valence-corrected chi connectivity index (χ0v) is 12.6. The van der Waals surface area contributed by atoms with E-state index in [2.05, 4.69) is 44.7 Å². The first-order chi connectivity index (χ1) is 9.16. The van der Waals surface area contributed by atoms with E-state index in [4.69, 9.17) is 0 Å². The quantitative estimate of drug-likeness (QED) is 0.636. The van der Waals surface area contributed by atoms with Crippen molar-refractivity contribution in [2.45, 2.75) is 38.0 Å². The Morgan fingerprint density at radius 2 is 1.95 bits per heavy atom. The largest absolute Gasteiger partial charge is 0.125 e. The van der Waals surface area contributed by atoms with Crippen LogP contribution in [0.5, 0.6) is 0 Å². The molecule has 0 aromatic heterocycles. The molecule has 19 heavy (non-hydrogen) atoms. The molecule has 98 valence electrons. The van der Waals surface area contributed by atoms with E-state index in [9.17, 15) is 0 Å². The Bertz CT molecular complexity index is 602. The summed E-state index contributed by atoms with van der Waals surface area (Å²) in [4.78, 5) is 1.41. The van der Waals surface area contributed by atoms with Crippen LogP contribution in [0.3, 0.4) is 0 Å². The van der Waals surface area contributed by atoms with Gasteiger partial charge in [0.1, 0.15) is 0 Å². The summed E-state index contributed by atoms with van der Waals surface area (Å²) in [5.74, 6) is 1.17. The molecule has 2 aliphatic rings. The van der Waals surface area contributed by atoms with E-state index < -0.39 is 0 Å². The molecule has 1 aromatic carbocycles. The van der Waals surface area contributed by atoms with E-state index in [1.54, 1.807) is 0 Å². The average Bonchev–Trinajstić information content (AvgIpc) is 2.40. The molecule has 0 amide bonds. The van der Waals surface area contributed by atoms with Crippen molar-refractivity contribution in [3.05, 3.63) is 53.1 Å². The van der Waals surface area contributed by atoms with Gasteiger partial charge in [0, 0.05) is 10.6 Å². The molecule has 0 unspecified atom stereocenters. The van der Waals surface area contributed by atoms with E-state index >= 15 is 0 Å². The summed E-state index contributed by atoms with van der Waals surface area (Å²) in [6.45, 7) is 8.71. The second kappa shape index (κ2) is 5.05. The van der Waals surface area contributed by atoms with Crippen LogP contribution in [0.1, 0.15) is 42.9 Å². The molecule has 1 aliphatic carbocycles. The van der Waals surface area contributed by atoms with Crippen LogP contribution < -0.4 is 0 Å². The molecule has 1 heterocycles. The third-order valence-electron chi connectivity index (χ3n) is 4.09. The van der Waals surface area contributed by atoms with Gasteiger partial charge in [-0.1, -0.05) is 30.4 Å². The van der Waals surface area contributed by atoms with E-state index in [-0.39, 0.29) is 0 Å². The zero-order chi connectivity index (χ0) is 13.4. The maximum atomic E-state index is 4.21. The molecule has 1 aliphatic heterocycles. The Labute approximate surface area is 120 Å². The molecule has 0 radical (unpaired) electrons. The van der Waals surface area contributed by atoms with Crippen molar-refractivity contribution in [3.63, 3.8) is 0 Å². The van der Waals surface area contributed by atoms with Crippen LogP contribution in [0.25, 0.3) is 11.1 Å². The molecule has 0 bridgehead atoms. The Morgan fingerprint density at radius 3 is 2.74 bits per heavy atom. The molecular weight excluding hydrogens is 248 g/mol. The predicted molar refractivity (Wildman–Crippen MR) is 86.5 cm³/mol. The second-order valence-electron chi connectivity index (χ2n) is 5.50. The maximum absolute atomic E-state index is 4.21. The normalized spacial score (nSPS) is 18.7. The number of hydrogen-bond acceptors (Lipinski definition) is 1. The van der Waals surface area contributed by atoms with Gasteiger partial charge in [0.15, 0.2) is 0 Å². The van der Waals surface area contributed by atoms with Crippen molar-refractivity contribution < 1.29 is 0 Å². The number of benzene rings is 1. The summed E-state index contributed by atoms with van der Waals surface area (Å²) in [5.41, 5.74) is 8.41. The van der Waals surface area contributed by atoms with Crippen LogP contribution in [0.15, 0.2) is 41.3 Å². The number of fused-ring (bicyclic) bond motifs is 1. The summed E-state index contributed by atoms with van der Waals surface area (Å²) in [6.07, 6.45) is 8.11. The summed E-state index contributed by atoms with van der Waals surface area (Å²) < 4.78 is 0. The van der Waals surface area contributed by atoms with E-state index in [0.29, 0.717) is 0 Å². The Balaban J connectivity index is 2.13. The van der Waals surface area contributed by atoms with Gasteiger partial charge >= 0.3 is 0 Å². The van der Waals surface area contributed by atoms with Crippen LogP contribution in [0.4, 0.5) is 0 Å². The lowest BCUT2D eigenvalue weighted by molar-refractivity contribution is 0.966. The third-order valence-corrected chi connectivity index (χ3v) is 5.15. The van der Waals surface area contributed by atoms with Gasteiger partial charge in [-0.2, -0.15) is 0 Å². The first-order valence-electron chi connectivity index (χ1n) is 6.99. The Morgan fingerprint density at radius 1 is 1.11 bits per heavy atom. The van der Waals surface area contributed by atoms with Gasteiger partial charge in [0.2, 0.25) is 0 Å². The minimum atomic E-state index is 1.12. The number of hydrogen-bond donors (Lipinski definition) is 0. The minimum absolute atomic E-state index is 1.12. The summed E-state index contributed by atoms with van der Waals surface area (Å²) in [7, 11) is 0. The van der Waals surface area contributed by atoms with Crippen LogP contribution in [0, 0.1) is 6.92 Å². The Hall–Kier alpha value is -1.21. The molecule has 3 rings (SSSR count). The smallest absolute Gasteiger partial charge is 0.0153 e. The van der Waals surface area contributed by atoms with Crippen LogP contribution in [-0.2, 0) is 0 Å². The minimum Gasteiger partial charge on any atom is -0.125 e. The van der Waals surface area contributed by atoms with Crippen molar-refractivity contribution >= 4 is 22.9 Å². The van der Waals surface area contributed by atoms with E-state index in [0.717, 1.165) is 6.42 Å². The van der Waals surface area contributed by atoms with Crippen LogP contribution in [-0.4, -0.2) is 5.75 Å². The monoisotopic (exact) mass is 268 g/mol. The van der Waals surface area contributed by atoms with Crippen LogP contribution >= 0.6 is 11.8 Å².